The molecule has 0 aliphatic rings. The molecule has 0 fully saturated rings. The van der Waals surface area contributed by atoms with Crippen molar-refractivity contribution in [3.63, 3.8) is 0 Å². The third kappa shape index (κ3) is 3.04. The summed E-state index contributed by atoms with van der Waals surface area (Å²) in [6.45, 7) is 0. The molecule has 134 valence electrons. The number of hydrogen-bond donors (Lipinski definition) is 3. The SMILES string of the molecule is O=c1cc(-c2cccc(Oc3ccccc3)c2)oc2cc(O)c(O)c(O)c12. The monoisotopic (exact) mass is 362 g/mol. The summed E-state index contributed by atoms with van der Waals surface area (Å²) in [5, 5.41) is 29.0. The first-order valence-corrected chi connectivity index (χ1v) is 8.08. The molecule has 0 aliphatic carbocycles. The lowest BCUT2D eigenvalue weighted by Gasteiger charge is -2.09. The van der Waals surface area contributed by atoms with Gasteiger partial charge in [-0.3, -0.25) is 4.79 Å². The van der Waals surface area contributed by atoms with Crippen LogP contribution in [0.25, 0.3) is 22.3 Å². The average molecular weight is 362 g/mol. The van der Waals surface area contributed by atoms with Gasteiger partial charge in [-0.2, -0.15) is 0 Å². The number of hydrogen-bond acceptors (Lipinski definition) is 6. The van der Waals surface area contributed by atoms with Crippen LogP contribution in [-0.2, 0) is 0 Å². The minimum absolute atomic E-state index is 0.0420. The number of benzene rings is 3. The average Bonchev–Trinajstić information content (AvgIpc) is 2.67. The van der Waals surface area contributed by atoms with Gasteiger partial charge in [0.15, 0.2) is 16.9 Å². The summed E-state index contributed by atoms with van der Waals surface area (Å²) in [7, 11) is 0. The van der Waals surface area contributed by atoms with Crippen molar-refractivity contribution in [2.75, 3.05) is 0 Å². The first-order valence-electron chi connectivity index (χ1n) is 8.08. The molecule has 1 heterocycles. The maximum atomic E-state index is 12.4. The van der Waals surface area contributed by atoms with E-state index >= 15 is 0 Å². The molecule has 1 aromatic heterocycles. The van der Waals surface area contributed by atoms with Crippen molar-refractivity contribution in [3.05, 3.63) is 77.0 Å². The molecule has 0 spiro atoms. The predicted molar refractivity (Wildman–Crippen MR) is 99.4 cm³/mol. The molecule has 0 amide bonds. The van der Waals surface area contributed by atoms with Gasteiger partial charge in [0, 0.05) is 17.7 Å². The summed E-state index contributed by atoms with van der Waals surface area (Å²) < 4.78 is 11.4. The summed E-state index contributed by atoms with van der Waals surface area (Å²) in [5.41, 5.74) is -0.0115. The minimum Gasteiger partial charge on any atom is -0.504 e. The maximum absolute atomic E-state index is 12.4. The summed E-state index contributed by atoms with van der Waals surface area (Å²) in [6, 6.07) is 18.5. The van der Waals surface area contributed by atoms with E-state index in [0.717, 1.165) is 6.07 Å². The quantitative estimate of drug-likeness (QED) is 0.468. The van der Waals surface area contributed by atoms with Crippen LogP contribution in [0, 0.1) is 0 Å². The van der Waals surface area contributed by atoms with E-state index in [1.807, 2.05) is 30.3 Å². The number of aromatic hydroxyl groups is 3. The highest BCUT2D eigenvalue weighted by molar-refractivity contribution is 5.89. The molecule has 3 N–H and O–H groups in total. The Bertz CT molecular complexity index is 1190. The molecule has 4 rings (SSSR count). The lowest BCUT2D eigenvalue weighted by atomic mass is 10.1. The van der Waals surface area contributed by atoms with E-state index in [-0.39, 0.29) is 16.7 Å². The second kappa shape index (κ2) is 6.42. The van der Waals surface area contributed by atoms with Crippen molar-refractivity contribution in [1.82, 2.24) is 0 Å². The Balaban J connectivity index is 1.80. The first-order chi connectivity index (χ1) is 13.0. The van der Waals surface area contributed by atoms with Crippen molar-refractivity contribution < 1.29 is 24.5 Å². The Morgan fingerprint density at radius 1 is 0.778 bits per heavy atom. The van der Waals surface area contributed by atoms with Gasteiger partial charge in [-0.05, 0) is 24.3 Å². The summed E-state index contributed by atoms with van der Waals surface area (Å²) >= 11 is 0. The normalized spacial score (nSPS) is 10.8. The lowest BCUT2D eigenvalue weighted by Crippen LogP contribution is -2.01. The van der Waals surface area contributed by atoms with E-state index in [1.54, 1.807) is 24.3 Å². The van der Waals surface area contributed by atoms with Crippen molar-refractivity contribution in [2.45, 2.75) is 0 Å². The fraction of sp³-hybridized carbons (Fsp3) is 0. The van der Waals surface area contributed by atoms with E-state index in [2.05, 4.69) is 0 Å². The Kier molecular flexibility index (Phi) is 3.93. The van der Waals surface area contributed by atoms with Crippen LogP contribution in [-0.4, -0.2) is 15.3 Å². The van der Waals surface area contributed by atoms with E-state index in [0.29, 0.717) is 17.1 Å². The molecule has 0 aliphatic heterocycles. The predicted octanol–water partition coefficient (Wildman–Crippen LogP) is 4.37. The van der Waals surface area contributed by atoms with Crippen molar-refractivity contribution in [2.24, 2.45) is 0 Å². The van der Waals surface area contributed by atoms with Gasteiger partial charge in [-0.15, -0.1) is 0 Å². The molecule has 0 atom stereocenters. The van der Waals surface area contributed by atoms with E-state index in [1.165, 1.54) is 6.07 Å². The van der Waals surface area contributed by atoms with Crippen LogP contribution >= 0.6 is 0 Å². The molecule has 0 saturated heterocycles. The zero-order valence-corrected chi connectivity index (χ0v) is 13.9. The van der Waals surface area contributed by atoms with Crippen LogP contribution in [0.15, 0.2) is 75.9 Å². The molecule has 0 bridgehead atoms. The third-order valence-electron chi connectivity index (χ3n) is 4.04. The van der Waals surface area contributed by atoms with Crippen molar-refractivity contribution in [1.29, 1.82) is 0 Å². The standard InChI is InChI=1S/C21H14O6/c22-15-10-17(27-18-11-16(23)20(24)21(25)19(15)18)12-5-4-8-14(9-12)26-13-6-2-1-3-7-13/h1-11,23-25H. The Morgan fingerprint density at radius 2 is 1.52 bits per heavy atom. The van der Waals surface area contributed by atoms with E-state index < -0.39 is 22.7 Å². The fourth-order valence-electron chi connectivity index (χ4n) is 2.76. The molecule has 27 heavy (non-hydrogen) atoms. The maximum Gasteiger partial charge on any atom is 0.201 e. The second-order valence-electron chi connectivity index (χ2n) is 5.88. The first kappa shape index (κ1) is 16.5. The summed E-state index contributed by atoms with van der Waals surface area (Å²) in [4.78, 5) is 12.4. The molecule has 6 heteroatoms. The van der Waals surface area contributed by atoms with Crippen LogP contribution < -0.4 is 10.2 Å². The summed E-state index contributed by atoms with van der Waals surface area (Å²) in [6.07, 6.45) is 0. The van der Waals surface area contributed by atoms with Crippen molar-refractivity contribution in [3.8, 4) is 40.1 Å². The zero-order chi connectivity index (χ0) is 19.0. The van der Waals surface area contributed by atoms with Crippen LogP contribution in [0.5, 0.6) is 28.7 Å². The Labute approximate surface area is 153 Å². The minimum atomic E-state index is -0.763. The van der Waals surface area contributed by atoms with Crippen LogP contribution in [0.3, 0.4) is 0 Å². The number of phenols is 3. The molecule has 0 unspecified atom stereocenters. The number of rotatable bonds is 3. The topological polar surface area (TPSA) is 100 Å². The van der Waals surface area contributed by atoms with Gasteiger partial charge in [0.25, 0.3) is 0 Å². The van der Waals surface area contributed by atoms with Gasteiger partial charge in [-0.1, -0.05) is 30.3 Å². The van der Waals surface area contributed by atoms with Crippen LogP contribution in [0.4, 0.5) is 0 Å². The highest BCUT2D eigenvalue weighted by Crippen LogP contribution is 2.40. The second-order valence-corrected chi connectivity index (χ2v) is 5.88. The van der Waals surface area contributed by atoms with Gasteiger partial charge in [0.1, 0.15) is 28.2 Å². The van der Waals surface area contributed by atoms with Gasteiger partial charge >= 0.3 is 0 Å². The highest BCUT2D eigenvalue weighted by atomic mass is 16.5. The summed E-state index contributed by atoms with van der Waals surface area (Å²) in [5.74, 6) is -0.609. The molecular weight excluding hydrogens is 348 g/mol. The van der Waals surface area contributed by atoms with E-state index in [9.17, 15) is 20.1 Å². The number of ether oxygens (including phenoxy) is 1. The van der Waals surface area contributed by atoms with E-state index in [4.69, 9.17) is 9.15 Å². The van der Waals surface area contributed by atoms with Crippen LogP contribution in [0.1, 0.15) is 0 Å². The molecule has 6 nitrogen and oxygen atoms in total. The smallest absolute Gasteiger partial charge is 0.201 e. The number of phenolic OH excluding ortho intramolecular Hbond substituents is 3. The number of fused-ring (bicyclic) bond motifs is 1. The van der Waals surface area contributed by atoms with Gasteiger partial charge < -0.3 is 24.5 Å². The molecule has 4 aromatic rings. The van der Waals surface area contributed by atoms with Crippen molar-refractivity contribution >= 4 is 11.0 Å². The lowest BCUT2D eigenvalue weighted by molar-refractivity contribution is 0.370. The van der Waals surface area contributed by atoms with Gasteiger partial charge in [-0.25, -0.2) is 0 Å². The zero-order valence-electron chi connectivity index (χ0n) is 13.9. The molecule has 0 saturated carbocycles. The number of para-hydroxylation sites is 1. The fourth-order valence-corrected chi connectivity index (χ4v) is 2.76. The molecular formula is C21H14O6. The Morgan fingerprint density at radius 3 is 2.30 bits per heavy atom. The van der Waals surface area contributed by atoms with Crippen LogP contribution in [0.2, 0.25) is 0 Å². The molecule has 3 aromatic carbocycles. The largest absolute Gasteiger partial charge is 0.504 e. The third-order valence-corrected chi connectivity index (χ3v) is 4.04. The van der Waals surface area contributed by atoms with Gasteiger partial charge in [0.2, 0.25) is 5.75 Å². The van der Waals surface area contributed by atoms with Gasteiger partial charge in [0.05, 0.1) is 0 Å². The Hall–Kier alpha value is -3.93. The molecule has 0 radical (unpaired) electrons. The highest BCUT2D eigenvalue weighted by Gasteiger charge is 2.17.